The Morgan fingerprint density at radius 2 is 2.04 bits per heavy atom. The van der Waals surface area contributed by atoms with Crippen LogP contribution in [0.2, 0.25) is 0 Å². The molecule has 1 aromatic carbocycles. The van der Waals surface area contributed by atoms with Crippen LogP contribution in [-0.4, -0.2) is 26.8 Å². The molecule has 148 valence electrons. The fourth-order valence-corrected chi connectivity index (χ4v) is 4.43. The Kier molecular flexibility index (Phi) is 4.96. The van der Waals surface area contributed by atoms with Crippen LogP contribution in [0, 0.1) is 6.92 Å². The molecule has 2 aliphatic carbocycles. The van der Waals surface area contributed by atoms with Crippen LogP contribution in [0.15, 0.2) is 35.3 Å². The van der Waals surface area contributed by atoms with E-state index in [4.69, 9.17) is 0 Å². The molecule has 1 aromatic heterocycles. The molecule has 2 aliphatic rings. The van der Waals surface area contributed by atoms with Gasteiger partial charge in [0.05, 0.1) is 12.7 Å². The van der Waals surface area contributed by atoms with Crippen molar-refractivity contribution in [3.8, 4) is 5.75 Å². The molecular weight excluding hydrogens is 354 g/mol. The molecule has 2 fully saturated rings. The summed E-state index contributed by atoms with van der Waals surface area (Å²) in [6.45, 7) is 2.62. The van der Waals surface area contributed by atoms with Gasteiger partial charge in [-0.05, 0) is 44.6 Å². The number of aryl methyl sites for hydroxylation is 1. The topological polar surface area (TPSA) is 84.2 Å². The van der Waals surface area contributed by atoms with Gasteiger partial charge in [-0.3, -0.25) is 14.3 Å². The third-order valence-electron chi connectivity index (χ3n) is 6.26. The fraction of sp³-hybridized carbons (Fsp3) is 0.500. The summed E-state index contributed by atoms with van der Waals surface area (Å²) in [5.41, 5.74) is 1.45. The van der Waals surface area contributed by atoms with Crippen molar-refractivity contribution in [2.75, 3.05) is 0 Å². The van der Waals surface area contributed by atoms with Crippen LogP contribution in [-0.2, 0) is 12.0 Å². The molecule has 2 aromatic rings. The lowest BCUT2D eigenvalue weighted by atomic mass is 9.78. The molecule has 0 aliphatic heterocycles. The Balaban J connectivity index is 1.66. The standard InChI is InChI=1S/C22H27N3O3/c1-15-6-4-7-16(12-15)22(10-2-3-11-22)14-25-13-18(26)20(27)19(24-25)21(28)23-17-8-5-9-17/h4,6-7,12-13,17,26H,2-3,5,8-11,14H2,1H3,(H,23,28). The maximum Gasteiger partial charge on any atom is 0.276 e. The van der Waals surface area contributed by atoms with Gasteiger partial charge in [0, 0.05) is 11.5 Å². The van der Waals surface area contributed by atoms with Gasteiger partial charge in [-0.1, -0.05) is 42.7 Å². The van der Waals surface area contributed by atoms with E-state index in [1.54, 1.807) is 4.68 Å². The maximum absolute atomic E-state index is 12.5. The average molecular weight is 381 g/mol. The number of hydrogen-bond donors (Lipinski definition) is 2. The minimum absolute atomic E-state index is 0.0950. The molecule has 2 saturated carbocycles. The molecule has 1 heterocycles. The molecule has 6 nitrogen and oxygen atoms in total. The van der Waals surface area contributed by atoms with Crippen molar-refractivity contribution in [3.63, 3.8) is 0 Å². The van der Waals surface area contributed by atoms with E-state index in [9.17, 15) is 14.7 Å². The molecule has 0 spiro atoms. The van der Waals surface area contributed by atoms with Crippen molar-refractivity contribution in [2.45, 2.75) is 69.9 Å². The van der Waals surface area contributed by atoms with Crippen LogP contribution in [0.25, 0.3) is 0 Å². The number of aromatic hydroxyl groups is 1. The van der Waals surface area contributed by atoms with Gasteiger partial charge < -0.3 is 10.4 Å². The number of hydrogen-bond acceptors (Lipinski definition) is 4. The molecule has 6 heteroatoms. The smallest absolute Gasteiger partial charge is 0.276 e. The summed E-state index contributed by atoms with van der Waals surface area (Å²) in [6, 6.07) is 8.61. The van der Waals surface area contributed by atoms with Gasteiger partial charge in [-0.25, -0.2) is 0 Å². The summed E-state index contributed by atoms with van der Waals surface area (Å²) in [4.78, 5) is 24.8. The minimum atomic E-state index is -0.705. The van der Waals surface area contributed by atoms with Crippen molar-refractivity contribution in [1.82, 2.24) is 15.1 Å². The highest BCUT2D eigenvalue weighted by Crippen LogP contribution is 2.42. The van der Waals surface area contributed by atoms with E-state index in [-0.39, 0.29) is 17.2 Å². The number of benzene rings is 1. The average Bonchev–Trinajstić information content (AvgIpc) is 3.10. The first-order chi connectivity index (χ1) is 13.5. The van der Waals surface area contributed by atoms with E-state index >= 15 is 0 Å². The van der Waals surface area contributed by atoms with Crippen LogP contribution in [0.4, 0.5) is 0 Å². The van der Waals surface area contributed by atoms with Crippen molar-refractivity contribution in [3.05, 3.63) is 57.5 Å². The Hall–Kier alpha value is -2.63. The van der Waals surface area contributed by atoms with Crippen LogP contribution in [0.3, 0.4) is 0 Å². The minimum Gasteiger partial charge on any atom is -0.503 e. The molecule has 28 heavy (non-hydrogen) atoms. The highest BCUT2D eigenvalue weighted by Gasteiger charge is 2.36. The summed E-state index contributed by atoms with van der Waals surface area (Å²) >= 11 is 0. The van der Waals surface area contributed by atoms with Gasteiger partial charge in [-0.15, -0.1) is 0 Å². The predicted octanol–water partition coefficient (Wildman–Crippen LogP) is 3.05. The first-order valence-corrected chi connectivity index (χ1v) is 10.2. The SMILES string of the molecule is Cc1cccc(C2(Cn3cc(O)c(=O)c(C(=O)NC4CCC4)n3)CCCC2)c1. The Labute approximate surface area is 164 Å². The summed E-state index contributed by atoms with van der Waals surface area (Å²) < 4.78 is 1.58. The van der Waals surface area contributed by atoms with E-state index < -0.39 is 17.1 Å². The van der Waals surface area contributed by atoms with Crippen LogP contribution >= 0.6 is 0 Å². The Morgan fingerprint density at radius 1 is 1.29 bits per heavy atom. The molecule has 0 unspecified atom stereocenters. The van der Waals surface area contributed by atoms with Gasteiger partial charge in [0.15, 0.2) is 11.4 Å². The summed E-state index contributed by atoms with van der Waals surface area (Å²) in [5, 5.41) is 17.3. The van der Waals surface area contributed by atoms with Gasteiger partial charge in [-0.2, -0.15) is 5.10 Å². The zero-order valence-corrected chi connectivity index (χ0v) is 16.3. The third-order valence-corrected chi connectivity index (χ3v) is 6.26. The monoisotopic (exact) mass is 381 g/mol. The zero-order valence-electron chi connectivity index (χ0n) is 16.3. The lowest BCUT2D eigenvalue weighted by Gasteiger charge is -2.31. The quantitative estimate of drug-likeness (QED) is 0.834. The maximum atomic E-state index is 12.5. The number of aromatic nitrogens is 2. The number of carbonyl (C=O) groups is 1. The van der Waals surface area contributed by atoms with Crippen LogP contribution in [0.1, 0.15) is 66.6 Å². The number of carbonyl (C=O) groups excluding carboxylic acids is 1. The van der Waals surface area contributed by atoms with Gasteiger partial charge in [0.25, 0.3) is 11.3 Å². The lowest BCUT2D eigenvalue weighted by Crippen LogP contribution is -2.42. The molecule has 2 N–H and O–H groups in total. The van der Waals surface area contributed by atoms with E-state index in [1.165, 1.54) is 17.3 Å². The van der Waals surface area contributed by atoms with E-state index in [0.717, 1.165) is 44.9 Å². The zero-order chi connectivity index (χ0) is 19.7. The highest BCUT2D eigenvalue weighted by atomic mass is 16.3. The van der Waals surface area contributed by atoms with Crippen LogP contribution in [0.5, 0.6) is 5.75 Å². The Morgan fingerprint density at radius 3 is 2.68 bits per heavy atom. The predicted molar refractivity (Wildman–Crippen MR) is 107 cm³/mol. The molecule has 4 rings (SSSR count). The molecule has 0 bridgehead atoms. The third kappa shape index (κ3) is 3.55. The summed E-state index contributed by atoms with van der Waals surface area (Å²) in [6.07, 6.45) is 8.61. The normalized spacial score (nSPS) is 18.6. The molecule has 0 radical (unpaired) electrons. The molecule has 0 atom stereocenters. The summed E-state index contributed by atoms with van der Waals surface area (Å²) in [7, 11) is 0. The van der Waals surface area contributed by atoms with Crippen molar-refractivity contribution < 1.29 is 9.90 Å². The number of nitrogens with zero attached hydrogens (tertiary/aromatic N) is 2. The number of rotatable bonds is 5. The second kappa shape index (κ2) is 7.41. The largest absolute Gasteiger partial charge is 0.503 e. The second-order valence-corrected chi connectivity index (χ2v) is 8.35. The van der Waals surface area contributed by atoms with E-state index in [2.05, 4.69) is 41.6 Å². The Bertz CT molecular complexity index is 940. The van der Waals surface area contributed by atoms with Gasteiger partial charge in [0.2, 0.25) is 0 Å². The van der Waals surface area contributed by atoms with Crippen molar-refractivity contribution >= 4 is 5.91 Å². The second-order valence-electron chi connectivity index (χ2n) is 8.35. The fourth-order valence-electron chi connectivity index (χ4n) is 4.43. The van der Waals surface area contributed by atoms with E-state index in [1.807, 2.05) is 0 Å². The number of amides is 1. The molecular formula is C22H27N3O3. The lowest BCUT2D eigenvalue weighted by molar-refractivity contribution is 0.0906. The van der Waals surface area contributed by atoms with Crippen molar-refractivity contribution in [2.24, 2.45) is 0 Å². The molecule has 1 amide bonds. The van der Waals surface area contributed by atoms with Crippen LogP contribution < -0.4 is 10.7 Å². The summed E-state index contributed by atoms with van der Waals surface area (Å²) in [5.74, 6) is -0.915. The molecule has 0 saturated heterocycles. The number of nitrogens with one attached hydrogen (secondary N) is 1. The first kappa shape index (κ1) is 18.7. The van der Waals surface area contributed by atoms with E-state index in [0.29, 0.717) is 6.54 Å². The first-order valence-electron chi connectivity index (χ1n) is 10.2. The van der Waals surface area contributed by atoms with Gasteiger partial charge in [0.1, 0.15) is 0 Å². The highest BCUT2D eigenvalue weighted by molar-refractivity contribution is 5.92. The van der Waals surface area contributed by atoms with Crippen molar-refractivity contribution in [1.29, 1.82) is 0 Å². The van der Waals surface area contributed by atoms with Gasteiger partial charge >= 0.3 is 0 Å².